The molecule has 2 aliphatic rings. The van der Waals surface area contributed by atoms with E-state index in [2.05, 4.69) is 0 Å². The summed E-state index contributed by atoms with van der Waals surface area (Å²) in [6, 6.07) is 9.98. The number of benzene rings is 1. The molecule has 1 aromatic rings. The normalized spacial score (nSPS) is 31.2. The Morgan fingerprint density at radius 3 is 2.36 bits per heavy atom. The van der Waals surface area contributed by atoms with Crippen LogP contribution in [0.3, 0.4) is 0 Å². The molecule has 0 saturated carbocycles. The highest BCUT2D eigenvalue weighted by atomic mass is 32.2. The summed E-state index contributed by atoms with van der Waals surface area (Å²) in [5.74, 6) is -0.993. The fourth-order valence-corrected chi connectivity index (χ4v) is 4.60. The van der Waals surface area contributed by atoms with Gasteiger partial charge in [-0.1, -0.05) is 29.8 Å². The molecule has 1 heterocycles. The van der Waals surface area contributed by atoms with Crippen LogP contribution < -0.4 is 0 Å². The summed E-state index contributed by atoms with van der Waals surface area (Å²) in [6.07, 6.45) is 1.67. The highest BCUT2D eigenvalue weighted by molar-refractivity contribution is 8.00. The molecular weight excluding hydrogens is 298 g/mol. The highest BCUT2D eigenvalue weighted by Gasteiger charge is 2.55. The maximum atomic E-state index is 12.6. The number of amides is 2. The number of nitrogens with zero attached hydrogens (tertiary/aromatic N) is 1. The summed E-state index contributed by atoms with van der Waals surface area (Å²) in [5.41, 5.74) is 1.10. The fourth-order valence-electron chi connectivity index (χ4n) is 3.29. The van der Waals surface area contributed by atoms with Gasteiger partial charge in [0.2, 0.25) is 11.8 Å². The predicted octanol–water partition coefficient (Wildman–Crippen LogP) is 2.35. The molecule has 0 unspecified atom stereocenters. The van der Waals surface area contributed by atoms with Crippen molar-refractivity contribution in [1.82, 2.24) is 4.90 Å². The van der Waals surface area contributed by atoms with E-state index in [0.29, 0.717) is 0 Å². The summed E-state index contributed by atoms with van der Waals surface area (Å²) >= 11 is 1.65. The first-order chi connectivity index (χ1) is 10.5. The second-order valence-corrected chi connectivity index (χ2v) is 6.96. The zero-order valence-corrected chi connectivity index (χ0v) is 13.7. The van der Waals surface area contributed by atoms with Crippen LogP contribution in [0.2, 0.25) is 0 Å². The third-order valence-electron chi connectivity index (χ3n) is 4.45. The number of carbonyl (C=O) groups is 2. The average molecular weight is 317 g/mol. The highest BCUT2D eigenvalue weighted by Crippen LogP contribution is 2.45. The molecule has 1 saturated heterocycles. The lowest BCUT2D eigenvalue weighted by Gasteiger charge is -2.34. The number of carbonyl (C=O) groups excluding carboxylic acids is 2. The Balaban J connectivity index is 1.98. The number of methoxy groups -OCH3 is 1. The van der Waals surface area contributed by atoms with E-state index in [1.54, 1.807) is 25.9 Å². The van der Waals surface area contributed by atoms with Crippen LogP contribution in [0.4, 0.5) is 0 Å². The molecule has 1 aliphatic heterocycles. The molecule has 0 aromatic heterocycles. The van der Waals surface area contributed by atoms with Crippen molar-refractivity contribution in [3.63, 3.8) is 0 Å². The van der Waals surface area contributed by atoms with Crippen molar-refractivity contribution < 1.29 is 14.3 Å². The summed E-state index contributed by atoms with van der Waals surface area (Å²) in [5, 5.41) is -0.0276. The first-order valence-corrected chi connectivity index (χ1v) is 8.16. The molecule has 0 spiro atoms. The fraction of sp³-hybridized carbons (Fsp3) is 0.412. The quantitative estimate of drug-likeness (QED) is 0.634. The second-order valence-electron chi connectivity index (χ2n) is 5.75. The van der Waals surface area contributed by atoms with E-state index in [-0.39, 0.29) is 29.1 Å². The van der Waals surface area contributed by atoms with Gasteiger partial charge in [-0.3, -0.25) is 14.5 Å². The summed E-state index contributed by atoms with van der Waals surface area (Å²) < 4.78 is 5.46. The number of likely N-dealkylation sites (tertiary alicyclic amines) is 1. The number of imide groups is 1. The zero-order chi connectivity index (χ0) is 15.9. The van der Waals surface area contributed by atoms with E-state index >= 15 is 0 Å². The van der Waals surface area contributed by atoms with Gasteiger partial charge in [0, 0.05) is 24.3 Å². The number of hydrogen-bond donors (Lipinski definition) is 0. The lowest BCUT2D eigenvalue weighted by molar-refractivity contribution is -0.138. The summed E-state index contributed by atoms with van der Waals surface area (Å²) in [7, 11) is 3.15. The van der Waals surface area contributed by atoms with Crippen LogP contribution in [0.15, 0.2) is 46.9 Å². The zero-order valence-electron chi connectivity index (χ0n) is 12.9. The summed E-state index contributed by atoms with van der Waals surface area (Å²) in [4.78, 5) is 27.3. The number of thioether (sulfide) groups is 1. The lowest BCUT2D eigenvalue weighted by Crippen LogP contribution is -2.41. The van der Waals surface area contributed by atoms with Gasteiger partial charge in [-0.15, -0.1) is 11.8 Å². The van der Waals surface area contributed by atoms with E-state index in [4.69, 9.17) is 4.74 Å². The van der Waals surface area contributed by atoms with Gasteiger partial charge in [-0.2, -0.15) is 0 Å². The molecule has 22 heavy (non-hydrogen) atoms. The Labute approximate surface area is 134 Å². The van der Waals surface area contributed by atoms with E-state index in [1.165, 1.54) is 4.90 Å². The Morgan fingerprint density at radius 2 is 1.73 bits per heavy atom. The smallest absolute Gasteiger partial charge is 0.235 e. The molecule has 4 atom stereocenters. The molecule has 3 rings (SSSR count). The van der Waals surface area contributed by atoms with Crippen LogP contribution >= 0.6 is 11.8 Å². The molecule has 0 radical (unpaired) electrons. The minimum atomic E-state index is -0.410. The van der Waals surface area contributed by atoms with Gasteiger partial charge >= 0.3 is 0 Å². The average Bonchev–Trinajstić information content (AvgIpc) is 2.76. The first kappa shape index (κ1) is 15.3. The van der Waals surface area contributed by atoms with E-state index in [1.807, 2.05) is 43.3 Å². The Kier molecular flexibility index (Phi) is 4.10. The monoisotopic (exact) mass is 317 g/mol. The van der Waals surface area contributed by atoms with E-state index in [0.717, 1.165) is 10.5 Å². The number of hydrogen-bond acceptors (Lipinski definition) is 4. The minimum Gasteiger partial charge on any atom is -0.377 e. The number of ether oxygens (including phenoxy) is 1. The van der Waals surface area contributed by atoms with Gasteiger partial charge in [0.1, 0.15) is 0 Å². The van der Waals surface area contributed by atoms with Crippen molar-refractivity contribution >= 4 is 23.6 Å². The van der Waals surface area contributed by atoms with Gasteiger partial charge in [0.25, 0.3) is 0 Å². The van der Waals surface area contributed by atoms with Crippen molar-refractivity contribution in [1.29, 1.82) is 0 Å². The molecule has 116 valence electrons. The SMILES string of the molecule is CO[C@@H]1C=C(C)[C@@H](Sc2ccccc2)[C@@H]2C(=O)N(C)C(=O)[C@@H]21. The Morgan fingerprint density at radius 1 is 1.09 bits per heavy atom. The van der Waals surface area contributed by atoms with Gasteiger partial charge < -0.3 is 4.74 Å². The Hall–Kier alpha value is -1.59. The van der Waals surface area contributed by atoms with Crippen LogP contribution in [-0.4, -0.2) is 42.2 Å². The molecule has 0 bridgehead atoms. The number of fused-ring (bicyclic) bond motifs is 1. The van der Waals surface area contributed by atoms with Crippen LogP contribution in [0, 0.1) is 11.8 Å². The molecule has 0 N–H and O–H groups in total. The third-order valence-corrected chi connectivity index (χ3v) is 5.92. The van der Waals surface area contributed by atoms with Crippen molar-refractivity contribution in [2.45, 2.75) is 23.2 Å². The van der Waals surface area contributed by atoms with Gasteiger partial charge in [-0.05, 0) is 19.1 Å². The second kappa shape index (κ2) is 5.89. The maximum Gasteiger partial charge on any atom is 0.235 e. The molecular formula is C17H19NO3S. The minimum absolute atomic E-state index is 0.0276. The molecule has 4 nitrogen and oxygen atoms in total. The van der Waals surface area contributed by atoms with Crippen LogP contribution in [0.1, 0.15) is 6.92 Å². The third kappa shape index (κ3) is 2.38. The maximum absolute atomic E-state index is 12.6. The first-order valence-electron chi connectivity index (χ1n) is 7.29. The van der Waals surface area contributed by atoms with Crippen LogP contribution in [0.5, 0.6) is 0 Å². The van der Waals surface area contributed by atoms with Gasteiger partial charge in [0.05, 0.1) is 17.9 Å². The molecule has 1 aromatic carbocycles. The largest absolute Gasteiger partial charge is 0.377 e. The van der Waals surface area contributed by atoms with Crippen LogP contribution in [-0.2, 0) is 14.3 Å². The lowest BCUT2D eigenvalue weighted by atomic mass is 9.79. The van der Waals surface area contributed by atoms with Gasteiger partial charge in [0.15, 0.2) is 0 Å². The van der Waals surface area contributed by atoms with Crippen molar-refractivity contribution in [2.75, 3.05) is 14.2 Å². The Bertz CT molecular complexity index is 628. The van der Waals surface area contributed by atoms with Crippen molar-refractivity contribution in [2.24, 2.45) is 11.8 Å². The molecule has 5 heteroatoms. The van der Waals surface area contributed by atoms with Crippen LogP contribution in [0.25, 0.3) is 0 Å². The molecule has 1 fully saturated rings. The molecule has 2 amide bonds. The summed E-state index contributed by atoms with van der Waals surface area (Å²) in [6.45, 7) is 2.01. The standard InChI is InChI=1S/C17H19NO3S/c1-10-9-12(21-3)13-14(17(20)18(2)16(13)19)15(10)22-11-7-5-4-6-8-11/h4-9,12-15H,1-3H3/t12-,13-,14-,15-/m1/s1. The van der Waals surface area contributed by atoms with Gasteiger partial charge in [-0.25, -0.2) is 0 Å². The number of rotatable bonds is 3. The van der Waals surface area contributed by atoms with Crippen molar-refractivity contribution in [3.8, 4) is 0 Å². The predicted molar refractivity (Wildman–Crippen MR) is 85.4 cm³/mol. The van der Waals surface area contributed by atoms with Crippen molar-refractivity contribution in [3.05, 3.63) is 42.0 Å². The molecule has 1 aliphatic carbocycles. The van der Waals surface area contributed by atoms with E-state index < -0.39 is 5.92 Å². The van der Waals surface area contributed by atoms with E-state index in [9.17, 15) is 9.59 Å². The topological polar surface area (TPSA) is 46.6 Å².